The molecule has 0 aliphatic heterocycles. The van der Waals surface area contributed by atoms with Crippen molar-refractivity contribution < 1.29 is 4.79 Å². The molecular weight excluding hydrogens is 222 g/mol. The first-order valence-electron chi connectivity index (χ1n) is 4.72. The van der Waals surface area contributed by atoms with Gasteiger partial charge in [-0.25, -0.2) is 0 Å². The Labute approximate surface area is 96.6 Å². The van der Waals surface area contributed by atoms with E-state index in [2.05, 4.69) is 5.32 Å². The van der Waals surface area contributed by atoms with E-state index < -0.39 is 0 Å². The van der Waals surface area contributed by atoms with Crippen molar-refractivity contribution in [3.8, 4) is 0 Å². The van der Waals surface area contributed by atoms with Crippen molar-refractivity contribution in [2.75, 3.05) is 7.05 Å². The predicted octanol–water partition coefficient (Wildman–Crippen LogP) is 1.54. The first kappa shape index (κ1) is 10.6. The standard InChI is InChI=1S/C11H11N3OS/c1-14-11(15)6-2-3-8-7(4-6)5-9(16-8)10(12)13/h2-5H,1H3,(H3,12,13)(H,14,15). The van der Waals surface area contributed by atoms with Gasteiger partial charge in [0.15, 0.2) is 0 Å². The van der Waals surface area contributed by atoms with E-state index in [1.807, 2.05) is 12.1 Å². The molecule has 0 aliphatic carbocycles. The van der Waals surface area contributed by atoms with Gasteiger partial charge in [0.2, 0.25) is 0 Å². The lowest BCUT2D eigenvalue weighted by Gasteiger charge is -1.98. The van der Waals surface area contributed by atoms with Gasteiger partial charge < -0.3 is 11.1 Å². The molecule has 82 valence electrons. The lowest BCUT2D eigenvalue weighted by atomic mass is 10.1. The van der Waals surface area contributed by atoms with Gasteiger partial charge >= 0.3 is 0 Å². The summed E-state index contributed by atoms with van der Waals surface area (Å²) in [6, 6.07) is 7.27. The quantitative estimate of drug-likeness (QED) is 0.543. The van der Waals surface area contributed by atoms with Crippen LogP contribution in [0.25, 0.3) is 10.1 Å². The fourth-order valence-corrected chi connectivity index (χ4v) is 2.37. The molecule has 1 amide bonds. The Balaban J connectivity index is 2.53. The van der Waals surface area contributed by atoms with Gasteiger partial charge in [-0.1, -0.05) is 0 Å². The normalized spacial score (nSPS) is 10.3. The van der Waals surface area contributed by atoms with Crippen LogP contribution in [0.4, 0.5) is 0 Å². The average molecular weight is 233 g/mol. The van der Waals surface area contributed by atoms with E-state index in [9.17, 15) is 4.79 Å². The van der Waals surface area contributed by atoms with Crippen LogP contribution in [-0.4, -0.2) is 18.8 Å². The number of nitrogens with two attached hydrogens (primary N) is 1. The van der Waals surface area contributed by atoms with Crippen LogP contribution in [0, 0.1) is 5.41 Å². The van der Waals surface area contributed by atoms with E-state index in [4.69, 9.17) is 11.1 Å². The van der Waals surface area contributed by atoms with Crippen LogP contribution < -0.4 is 11.1 Å². The molecule has 0 saturated carbocycles. The minimum atomic E-state index is -0.113. The number of nitrogen functional groups attached to an aromatic ring is 1. The molecular formula is C11H11N3OS. The molecule has 0 saturated heterocycles. The molecule has 4 N–H and O–H groups in total. The second-order valence-corrected chi connectivity index (χ2v) is 4.44. The van der Waals surface area contributed by atoms with Crippen LogP contribution in [0.1, 0.15) is 15.2 Å². The van der Waals surface area contributed by atoms with Crippen molar-refractivity contribution in [3.63, 3.8) is 0 Å². The van der Waals surface area contributed by atoms with Crippen molar-refractivity contribution in [1.82, 2.24) is 5.32 Å². The number of amidine groups is 1. The summed E-state index contributed by atoms with van der Waals surface area (Å²) in [5.41, 5.74) is 6.03. The molecule has 16 heavy (non-hydrogen) atoms. The highest BCUT2D eigenvalue weighted by atomic mass is 32.1. The summed E-state index contributed by atoms with van der Waals surface area (Å²) in [6.45, 7) is 0. The molecule has 0 unspecified atom stereocenters. The van der Waals surface area contributed by atoms with Crippen LogP contribution >= 0.6 is 11.3 Å². The maximum absolute atomic E-state index is 11.4. The van der Waals surface area contributed by atoms with Crippen LogP contribution in [-0.2, 0) is 0 Å². The Hall–Kier alpha value is -1.88. The van der Waals surface area contributed by atoms with Crippen molar-refractivity contribution in [3.05, 3.63) is 34.7 Å². The molecule has 1 aromatic carbocycles. The highest BCUT2D eigenvalue weighted by Gasteiger charge is 2.07. The molecule has 1 heterocycles. The van der Waals surface area contributed by atoms with E-state index in [1.54, 1.807) is 19.2 Å². The van der Waals surface area contributed by atoms with Crippen molar-refractivity contribution >= 4 is 33.2 Å². The first-order chi connectivity index (χ1) is 7.61. The summed E-state index contributed by atoms with van der Waals surface area (Å²) in [5.74, 6) is -0.0554. The average Bonchev–Trinajstić information content (AvgIpc) is 2.70. The predicted molar refractivity (Wildman–Crippen MR) is 66.2 cm³/mol. The lowest BCUT2D eigenvalue weighted by molar-refractivity contribution is 0.0963. The van der Waals surface area contributed by atoms with E-state index in [1.165, 1.54) is 11.3 Å². The fourth-order valence-electron chi connectivity index (χ4n) is 1.46. The van der Waals surface area contributed by atoms with Crippen LogP contribution in [0.5, 0.6) is 0 Å². The minimum Gasteiger partial charge on any atom is -0.383 e. The number of rotatable bonds is 2. The molecule has 5 heteroatoms. The number of carbonyl (C=O) groups excluding carboxylic acids is 1. The van der Waals surface area contributed by atoms with E-state index in [0.717, 1.165) is 15.0 Å². The molecule has 0 aliphatic rings. The second kappa shape index (κ2) is 3.94. The molecule has 0 spiro atoms. The van der Waals surface area contributed by atoms with Crippen LogP contribution in [0.15, 0.2) is 24.3 Å². The molecule has 2 rings (SSSR count). The van der Waals surface area contributed by atoms with Gasteiger partial charge in [0.05, 0.1) is 4.88 Å². The van der Waals surface area contributed by atoms with Crippen molar-refractivity contribution in [2.24, 2.45) is 5.73 Å². The van der Waals surface area contributed by atoms with E-state index >= 15 is 0 Å². The first-order valence-corrected chi connectivity index (χ1v) is 5.53. The van der Waals surface area contributed by atoms with Gasteiger partial charge in [0.25, 0.3) is 5.91 Å². The number of fused-ring (bicyclic) bond motifs is 1. The van der Waals surface area contributed by atoms with Gasteiger partial charge in [-0.3, -0.25) is 10.2 Å². The number of carbonyl (C=O) groups is 1. The smallest absolute Gasteiger partial charge is 0.251 e. The van der Waals surface area contributed by atoms with Gasteiger partial charge in [-0.15, -0.1) is 11.3 Å². The molecule has 0 fully saturated rings. The third kappa shape index (κ3) is 1.77. The summed E-state index contributed by atoms with van der Waals surface area (Å²) in [4.78, 5) is 12.1. The van der Waals surface area contributed by atoms with Crippen molar-refractivity contribution in [2.45, 2.75) is 0 Å². The third-order valence-electron chi connectivity index (χ3n) is 2.27. The zero-order chi connectivity index (χ0) is 11.7. The Kier molecular flexibility index (Phi) is 2.62. The highest BCUT2D eigenvalue weighted by Crippen LogP contribution is 2.26. The number of hydrogen-bond donors (Lipinski definition) is 3. The summed E-state index contributed by atoms with van der Waals surface area (Å²) in [5, 5.41) is 10.9. The summed E-state index contributed by atoms with van der Waals surface area (Å²) >= 11 is 1.45. The van der Waals surface area contributed by atoms with Crippen LogP contribution in [0.2, 0.25) is 0 Å². The van der Waals surface area contributed by atoms with Gasteiger partial charge in [0, 0.05) is 17.3 Å². The largest absolute Gasteiger partial charge is 0.383 e. The number of thiophene rings is 1. The third-order valence-corrected chi connectivity index (χ3v) is 3.42. The zero-order valence-corrected chi connectivity index (χ0v) is 9.52. The number of amides is 1. The number of hydrogen-bond acceptors (Lipinski definition) is 3. The second-order valence-electron chi connectivity index (χ2n) is 3.36. The Morgan fingerprint density at radius 3 is 2.81 bits per heavy atom. The molecule has 0 radical (unpaired) electrons. The monoisotopic (exact) mass is 233 g/mol. The number of nitrogens with one attached hydrogen (secondary N) is 2. The lowest BCUT2D eigenvalue weighted by Crippen LogP contribution is -2.17. The Bertz CT molecular complexity index is 574. The van der Waals surface area contributed by atoms with Gasteiger partial charge in [0.1, 0.15) is 5.84 Å². The fraction of sp³-hybridized carbons (Fsp3) is 0.0909. The number of benzene rings is 1. The zero-order valence-electron chi connectivity index (χ0n) is 8.70. The molecule has 4 nitrogen and oxygen atoms in total. The van der Waals surface area contributed by atoms with E-state index in [-0.39, 0.29) is 11.7 Å². The molecule has 2 aromatic rings. The Morgan fingerprint density at radius 2 is 2.19 bits per heavy atom. The summed E-state index contributed by atoms with van der Waals surface area (Å²) in [7, 11) is 1.60. The maximum Gasteiger partial charge on any atom is 0.251 e. The maximum atomic E-state index is 11.4. The Morgan fingerprint density at radius 1 is 1.44 bits per heavy atom. The molecule has 1 aromatic heterocycles. The summed E-state index contributed by atoms with van der Waals surface area (Å²) in [6.07, 6.45) is 0. The van der Waals surface area contributed by atoms with Crippen LogP contribution in [0.3, 0.4) is 0 Å². The molecule has 0 bridgehead atoms. The van der Waals surface area contributed by atoms with E-state index in [0.29, 0.717) is 5.56 Å². The van der Waals surface area contributed by atoms with Crippen molar-refractivity contribution in [1.29, 1.82) is 5.41 Å². The molecule has 0 atom stereocenters. The minimum absolute atomic E-state index is 0.0580. The highest BCUT2D eigenvalue weighted by molar-refractivity contribution is 7.20. The van der Waals surface area contributed by atoms with Gasteiger partial charge in [-0.2, -0.15) is 0 Å². The topological polar surface area (TPSA) is 79.0 Å². The van der Waals surface area contributed by atoms with Gasteiger partial charge in [-0.05, 0) is 29.7 Å². The summed E-state index contributed by atoms with van der Waals surface area (Å²) < 4.78 is 1.03. The SMILES string of the molecule is CNC(=O)c1ccc2sc(C(=N)N)cc2c1.